The third kappa shape index (κ3) is 3.51. The van der Waals surface area contributed by atoms with Gasteiger partial charge in [-0.3, -0.25) is 9.89 Å². The first-order valence-electron chi connectivity index (χ1n) is 10.6. The molecule has 160 valence electrons. The number of carbonyl (C=O) groups is 1. The van der Waals surface area contributed by atoms with Gasteiger partial charge in [0.15, 0.2) is 5.82 Å². The van der Waals surface area contributed by atoms with Gasteiger partial charge >= 0.3 is 0 Å². The maximum Gasteiger partial charge on any atom is 0.152 e. The summed E-state index contributed by atoms with van der Waals surface area (Å²) in [6.07, 6.45) is 1.52. The lowest BCUT2D eigenvalue weighted by Gasteiger charge is -2.46. The van der Waals surface area contributed by atoms with E-state index in [9.17, 15) is 4.79 Å². The highest BCUT2D eigenvalue weighted by Crippen LogP contribution is 2.52. The normalized spacial score (nSPS) is 24.1. The minimum Gasteiger partial charge on any atom is -0.497 e. The van der Waals surface area contributed by atoms with E-state index >= 15 is 0 Å². The molecule has 2 N–H and O–H groups in total. The van der Waals surface area contributed by atoms with Gasteiger partial charge in [0, 0.05) is 40.4 Å². The third-order valence-electron chi connectivity index (χ3n) is 6.63. The van der Waals surface area contributed by atoms with Crippen LogP contribution in [0.2, 0.25) is 5.02 Å². The Bertz CT molecular complexity index is 1120. The first kappa shape index (κ1) is 20.1. The second-order valence-electron chi connectivity index (χ2n) is 9.41. The molecule has 2 aromatic carbocycles. The summed E-state index contributed by atoms with van der Waals surface area (Å²) in [6.45, 7) is 4.34. The number of nitrogens with zero attached hydrogens (tertiary/aromatic N) is 1. The molecule has 0 radical (unpaired) electrons. The summed E-state index contributed by atoms with van der Waals surface area (Å²) in [7, 11) is 1.66. The number of benzene rings is 2. The van der Waals surface area contributed by atoms with Crippen LogP contribution in [0.1, 0.15) is 43.7 Å². The minimum atomic E-state index is -0.141. The molecule has 1 saturated carbocycles. The van der Waals surface area contributed by atoms with Gasteiger partial charge < -0.3 is 10.1 Å². The molecule has 3 atom stereocenters. The van der Waals surface area contributed by atoms with E-state index < -0.39 is 0 Å². The van der Waals surface area contributed by atoms with E-state index in [1.165, 1.54) is 0 Å². The lowest BCUT2D eigenvalue weighted by atomic mass is 9.62. The number of nitrogens with one attached hydrogen (secondary N) is 2. The van der Waals surface area contributed by atoms with Gasteiger partial charge in [0.2, 0.25) is 0 Å². The van der Waals surface area contributed by atoms with Crippen LogP contribution in [0.15, 0.2) is 48.5 Å². The lowest BCUT2D eigenvalue weighted by Crippen LogP contribution is -2.50. The molecule has 31 heavy (non-hydrogen) atoms. The van der Waals surface area contributed by atoms with Crippen molar-refractivity contribution in [2.45, 2.75) is 38.6 Å². The Morgan fingerprint density at radius 1 is 1.10 bits per heavy atom. The van der Waals surface area contributed by atoms with Gasteiger partial charge in [-0.15, -0.1) is 0 Å². The van der Waals surface area contributed by atoms with E-state index in [0.29, 0.717) is 17.2 Å². The number of anilines is 1. The Balaban J connectivity index is 1.68. The minimum absolute atomic E-state index is 0.0253. The number of rotatable bonds is 3. The Morgan fingerprint density at radius 3 is 2.48 bits per heavy atom. The maximum absolute atomic E-state index is 13.5. The van der Waals surface area contributed by atoms with E-state index in [0.717, 1.165) is 40.4 Å². The number of H-pyrrole nitrogens is 1. The molecule has 5 nitrogen and oxygen atoms in total. The number of hydrogen-bond acceptors (Lipinski definition) is 4. The predicted octanol–water partition coefficient (Wildman–Crippen LogP) is 5.67. The number of Topliss-reactive ketones (excluding diaryl/α,β-unsaturated/α-hetero) is 1. The fourth-order valence-electron chi connectivity index (χ4n) is 5.31. The number of carbonyl (C=O) groups excluding carboxylic acids is 1. The average molecular weight is 436 g/mol. The molecule has 0 saturated heterocycles. The van der Waals surface area contributed by atoms with Crippen molar-refractivity contribution in [3.63, 3.8) is 0 Å². The molecule has 2 heterocycles. The Morgan fingerprint density at radius 2 is 1.81 bits per heavy atom. The van der Waals surface area contributed by atoms with Crippen molar-refractivity contribution in [1.82, 2.24) is 10.2 Å². The predicted molar refractivity (Wildman–Crippen MR) is 123 cm³/mol. The van der Waals surface area contributed by atoms with E-state index in [1.807, 2.05) is 36.4 Å². The van der Waals surface area contributed by atoms with Crippen LogP contribution in [0.3, 0.4) is 0 Å². The quantitative estimate of drug-likeness (QED) is 0.556. The zero-order valence-electron chi connectivity index (χ0n) is 17.9. The first-order valence-corrected chi connectivity index (χ1v) is 11.0. The van der Waals surface area contributed by atoms with Crippen molar-refractivity contribution in [3.05, 3.63) is 64.7 Å². The Labute approximate surface area is 187 Å². The lowest BCUT2D eigenvalue weighted by molar-refractivity contribution is -0.128. The Hall–Kier alpha value is -2.79. The summed E-state index contributed by atoms with van der Waals surface area (Å²) >= 11 is 6.11. The molecule has 2 aliphatic rings. The standard InChI is InChI=1S/C25H26ClN3O2/c1-25(2)12-18-21(19(30)13-25)20(14-6-10-17(31-3)11-7-14)22-23(28-29-24(22)27-18)15-4-8-16(26)9-5-15/h4-11,18,20-21H,12-13H2,1-3H3,(H2,27,28,29). The fourth-order valence-corrected chi connectivity index (χ4v) is 5.43. The topological polar surface area (TPSA) is 67.0 Å². The summed E-state index contributed by atoms with van der Waals surface area (Å²) in [6, 6.07) is 15.8. The van der Waals surface area contributed by atoms with Crippen LogP contribution in [0.4, 0.5) is 5.82 Å². The van der Waals surface area contributed by atoms with Gasteiger partial charge in [0.05, 0.1) is 12.8 Å². The molecule has 0 amide bonds. The Kier molecular flexibility index (Phi) is 4.82. The molecule has 1 fully saturated rings. The zero-order chi connectivity index (χ0) is 21.8. The van der Waals surface area contributed by atoms with Crippen molar-refractivity contribution < 1.29 is 9.53 Å². The highest BCUT2D eigenvalue weighted by atomic mass is 35.5. The summed E-state index contributed by atoms with van der Waals surface area (Å²) in [5, 5.41) is 12.1. The molecule has 1 aliphatic carbocycles. The molecule has 3 aromatic rings. The molecular formula is C25H26ClN3O2. The summed E-state index contributed by atoms with van der Waals surface area (Å²) < 4.78 is 5.36. The number of hydrogen-bond donors (Lipinski definition) is 2. The van der Waals surface area contributed by atoms with Crippen LogP contribution in [-0.2, 0) is 4.79 Å². The number of aromatic amines is 1. The molecular weight excluding hydrogens is 410 g/mol. The maximum atomic E-state index is 13.5. The van der Waals surface area contributed by atoms with Crippen molar-refractivity contribution in [2.24, 2.45) is 11.3 Å². The molecule has 0 bridgehead atoms. The van der Waals surface area contributed by atoms with Gasteiger partial charge in [-0.25, -0.2) is 0 Å². The van der Waals surface area contributed by atoms with E-state index in [1.54, 1.807) is 7.11 Å². The van der Waals surface area contributed by atoms with Crippen LogP contribution < -0.4 is 10.1 Å². The van der Waals surface area contributed by atoms with Gasteiger partial charge in [-0.05, 0) is 41.7 Å². The number of aromatic nitrogens is 2. The molecule has 1 aromatic heterocycles. The monoisotopic (exact) mass is 435 g/mol. The second-order valence-corrected chi connectivity index (χ2v) is 9.84. The van der Waals surface area contributed by atoms with Crippen LogP contribution in [0.5, 0.6) is 5.75 Å². The average Bonchev–Trinajstić information content (AvgIpc) is 3.15. The number of methoxy groups -OCH3 is 1. The van der Waals surface area contributed by atoms with Gasteiger partial charge in [-0.1, -0.05) is 49.7 Å². The van der Waals surface area contributed by atoms with Crippen LogP contribution in [0, 0.1) is 11.3 Å². The fraction of sp³-hybridized carbons (Fsp3) is 0.360. The summed E-state index contributed by atoms with van der Waals surface area (Å²) in [5.74, 6) is 1.72. The van der Waals surface area contributed by atoms with Crippen LogP contribution in [0.25, 0.3) is 11.3 Å². The number of ether oxygens (including phenoxy) is 1. The third-order valence-corrected chi connectivity index (χ3v) is 6.89. The largest absolute Gasteiger partial charge is 0.497 e. The van der Waals surface area contributed by atoms with Crippen molar-refractivity contribution >= 4 is 23.2 Å². The SMILES string of the molecule is COc1ccc(C2c3c(n[nH]c3-c3ccc(Cl)cc3)NC3CC(C)(C)CC(=O)C32)cc1. The molecule has 5 rings (SSSR count). The van der Waals surface area contributed by atoms with E-state index in [4.69, 9.17) is 16.3 Å². The first-order chi connectivity index (χ1) is 14.9. The summed E-state index contributed by atoms with van der Waals surface area (Å²) in [4.78, 5) is 13.5. The van der Waals surface area contributed by atoms with Crippen molar-refractivity contribution in [1.29, 1.82) is 0 Å². The van der Waals surface area contributed by atoms with Gasteiger partial charge in [-0.2, -0.15) is 5.10 Å². The smallest absolute Gasteiger partial charge is 0.152 e. The zero-order valence-corrected chi connectivity index (χ0v) is 18.7. The molecule has 0 spiro atoms. The highest BCUT2D eigenvalue weighted by molar-refractivity contribution is 6.30. The van der Waals surface area contributed by atoms with E-state index in [2.05, 4.69) is 41.5 Å². The van der Waals surface area contributed by atoms with Crippen molar-refractivity contribution in [3.8, 4) is 17.0 Å². The number of halogens is 1. The van der Waals surface area contributed by atoms with Gasteiger partial charge in [0.25, 0.3) is 0 Å². The number of fused-ring (bicyclic) bond motifs is 2. The van der Waals surface area contributed by atoms with Crippen LogP contribution >= 0.6 is 11.6 Å². The highest BCUT2D eigenvalue weighted by Gasteiger charge is 2.49. The molecule has 3 unspecified atom stereocenters. The molecule has 6 heteroatoms. The molecule has 1 aliphatic heterocycles. The summed E-state index contributed by atoms with van der Waals surface area (Å²) in [5.41, 5.74) is 4.05. The second kappa shape index (κ2) is 7.41. The van der Waals surface area contributed by atoms with Gasteiger partial charge in [0.1, 0.15) is 11.5 Å². The van der Waals surface area contributed by atoms with Crippen molar-refractivity contribution in [2.75, 3.05) is 12.4 Å². The van der Waals surface area contributed by atoms with E-state index in [-0.39, 0.29) is 23.3 Å². The van der Waals surface area contributed by atoms with Crippen LogP contribution in [-0.4, -0.2) is 29.1 Å². The number of ketones is 1.